The molecule has 0 fully saturated rings. The molecule has 0 saturated carbocycles. The Labute approximate surface area is 120 Å². The number of H-pyrrole nitrogens is 2. The lowest BCUT2D eigenvalue weighted by Gasteiger charge is -2.13. The lowest BCUT2D eigenvalue weighted by atomic mass is 9.99. The van der Waals surface area contributed by atoms with E-state index >= 15 is 0 Å². The van der Waals surface area contributed by atoms with Crippen LogP contribution in [0, 0.1) is 0 Å². The molecule has 4 nitrogen and oxygen atoms in total. The summed E-state index contributed by atoms with van der Waals surface area (Å²) in [7, 11) is 0. The zero-order chi connectivity index (χ0) is 14.1. The van der Waals surface area contributed by atoms with Crippen molar-refractivity contribution in [3.63, 3.8) is 0 Å². The summed E-state index contributed by atoms with van der Waals surface area (Å²) in [6.07, 6.45) is 0.653. The van der Waals surface area contributed by atoms with Crippen LogP contribution >= 0.6 is 11.6 Å². The van der Waals surface area contributed by atoms with Crippen molar-refractivity contribution in [2.45, 2.75) is 12.5 Å². The van der Waals surface area contributed by atoms with Crippen LogP contribution in [-0.4, -0.2) is 9.97 Å². The molecule has 4 N–H and O–H groups in total. The van der Waals surface area contributed by atoms with Crippen molar-refractivity contribution in [2.75, 3.05) is 0 Å². The van der Waals surface area contributed by atoms with Gasteiger partial charge in [-0.3, -0.25) is 0 Å². The number of aromatic amines is 2. The average molecular weight is 288 g/mol. The summed E-state index contributed by atoms with van der Waals surface area (Å²) >= 11 is 6.15. The first-order valence-electron chi connectivity index (χ1n) is 6.34. The zero-order valence-electron chi connectivity index (χ0n) is 10.7. The number of nitrogens with two attached hydrogens (primary N) is 1. The number of aromatic nitrogens is 2. The van der Waals surface area contributed by atoms with Gasteiger partial charge in [-0.1, -0.05) is 35.9 Å². The molecule has 1 aromatic heterocycles. The molecule has 3 aromatic rings. The quantitative estimate of drug-likeness (QED) is 0.693. The highest BCUT2D eigenvalue weighted by Crippen LogP contribution is 2.23. The van der Waals surface area contributed by atoms with E-state index < -0.39 is 0 Å². The fourth-order valence-corrected chi connectivity index (χ4v) is 2.51. The second-order valence-electron chi connectivity index (χ2n) is 4.79. The number of fused-ring (bicyclic) bond motifs is 1. The van der Waals surface area contributed by atoms with Crippen LogP contribution in [0.5, 0.6) is 0 Å². The molecule has 0 radical (unpaired) electrons. The molecule has 3 rings (SSSR count). The maximum absolute atomic E-state index is 11.2. The SMILES string of the molecule is NC(Cc1ccccc1Cl)c1ccc2[nH]c(=O)[nH]c2c1. The predicted octanol–water partition coefficient (Wildman–Crippen LogP) is 2.75. The van der Waals surface area contributed by atoms with E-state index in [2.05, 4.69) is 9.97 Å². The van der Waals surface area contributed by atoms with Crippen molar-refractivity contribution in [3.05, 3.63) is 69.1 Å². The molecule has 0 saturated heterocycles. The first-order chi connectivity index (χ1) is 9.63. The van der Waals surface area contributed by atoms with Crippen molar-refractivity contribution in [3.8, 4) is 0 Å². The monoisotopic (exact) mass is 287 g/mol. The molecule has 0 spiro atoms. The summed E-state index contributed by atoms with van der Waals surface area (Å²) < 4.78 is 0. The Bertz CT molecular complexity index is 806. The summed E-state index contributed by atoms with van der Waals surface area (Å²) in [6, 6.07) is 13.2. The van der Waals surface area contributed by atoms with Gasteiger partial charge in [-0.25, -0.2) is 4.79 Å². The van der Waals surface area contributed by atoms with Gasteiger partial charge in [0.1, 0.15) is 0 Å². The van der Waals surface area contributed by atoms with Gasteiger partial charge in [-0.2, -0.15) is 0 Å². The van der Waals surface area contributed by atoms with Gasteiger partial charge in [0.2, 0.25) is 0 Å². The highest BCUT2D eigenvalue weighted by atomic mass is 35.5. The first kappa shape index (κ1) is 13.0. The maximum atomic E-state index is 11.2. The molecule has 1 atom stereocenters. The van der Waals surface area contributed by atoms with Gasteiger partial charge in [-0.05, 0) is 35.7 Å². The maximum Gasteiger partial charge on any atom is 0.323 e. The Hall–Kier alpha value is -2.04. The molecule has 0 aliphatic rings. The van der Waals surface area contributed by atoms with E-state index in [0.717, 1.165) is 27.2 Å². The molecule has 2 aromatic carbocycles. The number of benzene rings is 2. The van der Waals surface area contributed by atoms with E-state index in [4.69, 9.17) is 17.3 Å². The van der Waals surface area contributed by atoms with E-state index in [9.17, 15) is 4.79 Å². The van der Waals surface area contributed by atoms with Crippen LogP contribution in [0.2, 0.25) is 5.02 Å². The third-order valence-corrected chi connectivity index (χ3v) is 3.73. The second-order valence-corrected chi connectivity index (χ2v) is 5.19. The van der Waals surface area contributed by atoms with E-state index in [-0.39, 0.29) is 11.7 Å². The van der Waals surface area contributed by atoms with Gasteiger partial charge in [-0.15, -0.1) is 0 Å². The Morgan fingerprint density at radius 1 is 1.10 bits per heavy atom. The van der Waals surface area contributed by atoms with Crippen LogP contribution in [0.15, 0.2) is 47.3 Å². The normalized spacial score (nSPS) is 12.7. The minimum absolute atomic E-state index is 0.169. The molecule has 102 valence electrons. The molecule has 0 bridgehead atoms. The number of halogens is 1. The topological polar surface area (TPSA) is 74.7 Å². The first-order valence-corrected chi connectivity index (χ1v) is 6.72. The van der Waals surface area contributed by atoms with Crippen LogP contribution < -0.4 is 11.4 Å². The zero-order valence-corrected chi connectivity index (χ0v) is 11.4. The standard InChI is InChI=1S/C15H14ClN3O/c16-11-4-2-1-3-9(11)7-12(17)10-5-6-13-14(8-10)19-15(20)18-13/h1-6,8,12H,7,17H2,(H2,18,19,20). The van der Waals surface area contributed by atoms with Gasteiger partial charge >= 0.3 is 5.69 Å². The lowest BCUT2D eigenvalue weighted by Crippen LogP contribution is -2.13. The highest BCUT2D eigenvalue weighted by Gasteiger charge is 2.10. The lowest BCUT2D eigenvalue weighted by molar-refractivity contribution is 0.723. The predicted molar refractivity (Wildman–Crippen MR) is 81.0 cm³/mol. The fraction of sp³-hybridized carbons (Fsp3) is 0.133. The Kier molecular flexibility index (Phi) is 3.34. The molecular weight excluding hydrogens is 274 g/mol. The van der Waals surface area contributed by atoms with Crippen LogP contribution in [0.1, 0.15) is 17.2 Å². The van der Waals surface area contributed by atoms with E-state index in [1.165, 1.54) is 0 Å². The fourth-order valence-electron chi connectivity index (χ4n) is 2.30. The minimum atomic E-state index is -0.211. The average Bonchev–Trinajstić information content (AvgIpc) is 2.80. The van der Waals surface area contributed by atoms with Crippen LogP contribution in [0.4, 0.5) is 0 Å². The van der Waals surface area contributed by atoms with Crippen molar-refractivity contribution in [1.82, 2.24) is 9.97 Å². The molecule has 0 aliphatic heterocycles. The molecule has 20 heavy (non-hydrogen) atoms. The molecule has 5 heteroatoms. The number of rotatable bonds is 3. The Balaban J connectivity index is 1.90. The summed E-state index contributed by atoms with van der Waals surface area (Å²) in [5.74, 6) is 0. The Morgan fingerprint density at radius 2 is 1.85 bits per heavy atom. The smallest absolute Gasteiger partial charge is 0.323 e. The number of nitrogens with one attached hydrogen (secondary N) is 2. The number of hydrogen-bond acceptors (Lipinski definition) is 2. The molecule has 1 heterocycles. The van der Waals surface area contributed by atoms with Gasteiger partial charge in [0.05, 0.1) is 11.0 Å². The van der Waals surface area contributed by atoms with E-state index in [1.54, 1.807) is 0 Å². The van der Waals surface area contributed by atoms with E-state index in [0.29, 0.717) is 6.42 Å². The number of hydrogen-bond donors (Lipinski definition) is 3. The molecule has 0 amide bonds. The van der Waals surface area contributed by atoms with Gasteiger partial charge in [0.25, 0.3) is 0 Å². The summed E-state index contributed by atoms with van der Waals surface area (Å²) in [6.45, 7) is 0. The second kappa shape index (κ2) is 5.15. The highest BCUT2D eigenvalue weighted by molar-refractivity contribution is 6.31. The van der Waals surface area contributed by atoms with Gasteiger partial charge in [0, 0.05) is 11.1 Å². The van der Waals surface area contributed by atoms with Crippen molar-refractivity contribution in [2.24, 2.45) is 5.73 Å². The van der Waals surface area contributed by atoms with Crippen LogP contribution in [-0.2, 0) is 6.42 Å². The minimum Gasteiger partial charge on any atom is -0.324 e. The molecule has 1 unspecified atom stereocenters. The third-order valence-electron chi connectivity index (χ3n) is 3.37. The summed E-state index contributed by atoms with van der Waals surface area (Å²) in [4.78, 5) is 16.7. The largest absolute Gasteiger partial charge is 0.324 e. The van der Waals surface area contributed by atoms with Gasteiger partial charge in [0.15, 0.2) is 0 Å². The molecular formula is C15H14ClN3O. The Morgan fingerprint density at radius 3 is 2.65 bits per heavy atom. The van der Waals surface area contributed by atoms with Crippen LogP contribution in [0.25, 0.3) is 11.0 Å². The number of imidazole rings is 1. The third kappa shape index (κ3) is 2.48. The van der Waals surface area contributed by atoms with Gasteiger partial charge < -0.3 is 15.7 Å². The van der Waals surface area contributed by atoms with Crippen molar-refractivity contribution < 1.29 is 0 Å². The van der Waals surface area contributed by atoms with E-state index in [1.807, 2.05) is 42.5 Å². The summed E-state index contributed by atoms with van der Waals surface area (Å²) in [5, 5.41) is 0.721. The van der Waals surface area contributed by atoms with Crippen LogP contribution in [0.3, 0.4) is 0 Å². The van der Waals surface area contributed by atoms with Crippen molar-refractivity contribution >= 4 is 22.6 Å². The summed E-state index contributed by atoms with van der Waals surface area (Å²) in [5.41, 5.74) is 9.55. The van der Waals surface area contributed by atoms with Crippen molar-refractivity contribution in [1.29, 1.82) is 0 Å². The molecule has 0 aliphatic carbocycles.